The maximum atomic E-state index is 12.0. The lowest BCUT2D eigenvalue weighted by molar-refractivity contribution is -0.152. The van der Waals surface area contributed by atoms with Gasteiger partial charge in [-0.25, -0.2) is 0 Å². The van der Waals surface area contributed by atoms with Crippen LogP contribution in [0.25, 0.3) is 0 Å². The van der Waals surface area contributed by atoms with Crippen molar-refractivity contribution in [3.8, 4) is 5.75 Å². The van der Waals surface area contributed by atoms with E-state index in [-0.39, 0.29) is 12.3 Å². The number of methoxy groups -OCH3 is 1. The summed E-state index contributed by atoms with van der Waals surface area (Å²) in [5.74, 6) is -0.236. The fraction of sp³-hybridized carbons (Fsp3) is 0.222. The first-order chi connectivity index (χ1) is 11.1. The third-order valence-electron chi connectivity index (χ3n) is 3.25. The molecule has 1 N–H and O–H groups in total. The molecule has 0 aliphatic carbocycles. The molecular formula is C18H19NO4. The monoisotopic (exact) mass is 313 g/mol. The summed E-state index contributed by atoms with van der Waals surface area (Å²) in [6, 6.07) is 16.2. The fourth-order valence-electron chi connectivity index (χ4n) is 2.06. The van der Waals surface area contributed by atoms with Gasteiger partial charge in [0.05, 0.1) is 13.5 Å². The van der Waals surface area contributed by atoms with Gasteiger partial charge in [0.1, 0.15) is 5.75 Å². The first-order valence-corrected chi connectivity index (χ1v) is 7.27. The summed E-state index contributed by atoms with van der Waals surface area (Å²) >= 11 is 0. The molecule has 0 aliphatic rings. The Hall–Kier alpha value is -2.82. The van der Waals surface area contributed by atoms with E-state index in [2.05, 4.69) is 5.32 Å². The van der Waals surface area contributed by atoms with Gasteiger partial charge >= 0.3 is 5.97 Å². The zero-order valence-corrected chi connectivity index (χ0v) is 13.1. The number of carbonyl (C=O) groups is 2. The van der Waals surface area contributed by atoms with Gasteiger partial charge in [-0.05, 0) is 25.1 Å². The molecule has 0 saturated heterocycles. The van der Waals surface area contributed by atoms with Crippen LogP contribution >= 0.6 is 0 Å². The van der Waals surface area contributed by atoms with Gasteiger partial charge in [0.2, 0.25) is 0 Å². The van der Waals surface area contributed by atoms with Crippen molar-refractivity contribution in [1.29, 1.82) is 0 Å². The number of rotatable bonds is 6. The van der Waals surface area contributed by atoms with Crippen LogP contribution < -0.4 is 10.1 Å². The molecule has 5 nitrogen and oxygen atoms in total. The predicted octanol–water partition coefficient (Wildman–Crippen LogP) is 2.81. The van der Waals surface area contributed by atoms with Crippen LogP contribution in [0, 0.1) is 0 Å². The maximum Gasteiger partial charge on any atom is 0.311 e. The Morgan fingerprint density at radius 3 is 2.39 bits per heavy atom. The Balaban J connectivity index is 1.90. The molecule has 2 rings (SSSR count). The highest BCUT2D eigenvalue weighted by Gasteiger charge is 2.19. The molecule has 2 aromatic carbocycles. The summed E-state index contributed by atoms with van der Waals surface area (Å²) in [7, 11) is 1.54. The van der Waals surface area contributed by atoms with Crippen molar-refractivity contribution >= 4 is 17.6 Å². The van der Waals surface area contributed by atoms with E-state index >= 15 is 0 Å². The molecule has 23 heavy (non-hydrogen) atoms. The summed E-state index contributed by atoms with van der Waals surface area (Å²) in [4.78, 5) is 24.0. The summed E-state index contributed by atoms with van der Waals surface area (Å²) in [5, 5.41) is 2.69. The summed E-state index contributed by atoms with van der Waals surface area (Å²) in [5.41, 5.74) is 1.38. The van der Waals surface area contributed by atoms with Crippen LogP contribution in [0.15, 0.2) is 54.6 Å². The van der Waals surface area contributed by atoms with Gasteiger partial charge in [-0.1, -0.05) is 36.4 Å². The largest absolute Gasteiger partial charge is 0.496 e. The number of esters is 1. The SMILES string of the molecule is COc1ccccc1CC(=O)O[C@H](C)C(=O)Nc1ccccc1. The lowest BCUT2D eigenvalue weighted by atomic mass is 10.1. The number of carbonyl (C=O) groups excluding carboxylic acids is 2. The number of ether oxygens (including phenoxy) is 2. The minimum Gasteiger partial charge on any atom is -0.496 e. The van der Waals surface area contributed by atoms with E-state index in [0.29, 0.717) is 11.4 Å². The topological polar surface area (TPSA) is 64.6 Å². The van der Waals surface area contributed by atoms with Crippen LogP contribution in [0.2, 0.25) is 0 Å². The number of benzene rings is 2. The van der Waals surface area contributed by atoms with E-state index in [0.717, 1.165) is 5.56 Å². The van der Waals surface area contributed by atoms with E-state index in [9.17, 15) is 9.59 Å². The lowest BCUT2D eigenvalue weighted by Crippen LogP contribution is -2.30. The molecule has 1 amide bonds. The van der Waals surface area contributed by atoms with Crippen molar-refractivity contribution in [2.45, 2.75) is 19.4 Å². The first-order valence-electron chi connectivity index (χ1n) is 7.27. The van der Waals surface area contributed by atoms with E-state index in [4.69, 9.17) is 9.47 Å². The van der Waals surface area contributed by atoms with Crippen molar-refractivity contribution < 1.29 is 19.1 Å². The third-order valence-corrected chi connectivity index (χ3v) is 3.25. The smallest absolute Gasteiger partial charge is 0.311 e. The summed E-state index contributed by atoms with van der Waals surface area (Å²) in [6.07, 6.45) is -0.829. The van der Waals surface area contributed by atoms with Crippen molar-refractivity contribution in [2.75, 3.05) is 12.4 Å². The standard InChI is InChI=1S/C18H19NO4/c1-13(18(21)19-15-9-4-3-5-10-15)23-17(20)12-14-8-6-7-11-16(14)22-2/h3-11,13H,12H2,1-2H3,(H,19,21)/t13-/m1/s1. The Morgan fingerprint density at radius 2 is 1.70 bits per heavy atom. The Labute approximate surface area is 135 Å². The van der Waals surface area contributed by atoms with Crippen LogP contribution in [-0.2, 0) is 20.7 Å². The van der Waals surface area contributed by atoms with Crippen LogP contribution in [-0.4, -0.2) is 25.1 Å². The molecule has 0 fully saturated rings. The molecule has 5 heteroatoms. The second-order valence-corrected chi connectivity index (χ2v) is 4.98. The van der Waals surface area contributed by atoms with E-state index in [1.54, 1.807) is 38.3 Å². The fourth-order valence-corrected chi connectivity index (χ4v) is 2.06. The van der Waals surface area contributed by atoms with Crippen molar-refractivity contribution in [2.24, 2.45) is 0 Å². The van der Waals surface area contributed by atoms with Gasteiger partial charge in [-0.2, -0.15) is 0 Å². The van der Waals surface area contributed by atoms with Crippen molar-refractivity contribution in [1.82, 2.24) is 0 Å². The average Bonchev–Trinajstić information content (AvgIpc) is 2.56. The molecule has 0 unspecified atom stereocenters. The van der Waals surface area contributed by atoms with Gasteiger partial charge < -0.3 is 14.8 Å². The first kappa shape index (κ1) is 16.5. The van der Waals surface area contributed by atoms with E-state index in [1.807, 2.05) is 30.3 Å². The molecule has 120 valence electrons. The van der Waals surface area contributed by atoms with E-state index in [1.165, 1.54) is 0 Å². The molecule has 0 radical (unpaired) electrons. The Morgan fingerprint density at radius 1 is 1.04 bits per heavy atom. The second kappa shape index (κ2) is 7.98. The highest BCUT2D eigenvalue weighted by Crippen LogP contribution is 2.18. The molecular weight excluding hydrogens is 294 g/mol. The van der Waals surface area contributed by atoms with Crippen molar-refractivity contribution in [3.63, 3.8) is 0 Å². The molecule has 1 atom stereocenters. The van der Waals surface area contributed by atoms with Crippen molar-refractivity contribution in [3.05, 3.63) is 60.2 Å². The minimum absolute atomic E-state index is 0.0486. The van der Waals surface area contributed by atoms with Gasteiger partial charge in [0, 0.05) is 11.3 Å². The second-order valence-electron chi connectivity index (χ2n) is 4.98. The zero-order valence-electron chi connectivity index (χ0n) is 13.1. The highest BCUT2D eigenvalue weighted by atomic mass is 16.5. The lowest BCUT2D eigenvalue weighted by Gasteiger charge is -2.14. The maximum absolute atomic E-state index is 12.0. The Bertz CT molecular complexity index is 670. The average molecular weight is 313 g/mol. The summed E-state index contributed by atoms with van der Waals surface area (Å²) in [6.45, 7) is 1.54. The number of hydrogen-bond acceptors (Lipinski definition) is 4. The molecule has 0 saturated carbocycles. The quantitative estimate of drug-likeness (QED) is 0.833. The number of para-hydroxylation sites is 2. The molecule has 0 bridgehead atoms. The molecule has 0 aromatic heterocycles. The van der Waals surface area contributed by atoms with Gasteiger partial charge in [0.25, 0.3) is 5.91 Å². The van der Waals surface area contributed by atoms with E-state index < -0.39 is 12.1 Å². The van der Waals surface area contributed by atoms with Crippen LogP contribution in [0.3, 0.4) is 0 Å². The zero-order chi connectivity index (χ0) is 16.7. The highest BCUT2D eigenvalue weighted by molar-refractivity contribution is 5.95. The number of anilines is 1. The molecule has 0 heterocycles. The van der Waals surface area contributed by atoms with Crippen LogP contribution in [0.1, 0.15) is 12.5 Å². The third kappa shape index (κ3) is 4.85. The van der Waals surface area contributed by atoms with Gasteiger partial charge in [-0.15, -0.1) is 0 Å². The van der Waals surface area contributed by atoms with Crippen LogP contribution in [0.4, 0.5) is 5.69 Å². The molecule has 0 spiro atoms. The van der Waals surface area contributed by atoms with Crippen LogP contribution in [0.5, 0.6) is 5.75 Å². The number of nitrogens with one attached hydrogen (secondary N) is 1. The van der Waals surface area contributed by atoms with Gasteiger partial charge in [0.15, 0.2) is 6.10 Å². The van der Waals surface area contributed by atoms with Gasteiger partial charge in [-0.3, -0.25) is 9.59 Å². The predicted molar refractivity (Wildman–Crippen MR) is 87.3 cm³/mol. The number of hydrogen-bond donors (Lipinski definition) is 1. The normalized spacial score (nSPS) is 11.4. The number of amides is 1. The Kier molecular flexibility index (Phi) is 5.74. The molecule has 0 aliphatic heterocycles. The summed E-state index contributed by atoms with van der Waals surface area (Å²) < 4.78 is 10.4. The minimum atomic E-state index is -0.877. The molecule has 2 aromatic rings.